The number of thiocarbonyl (C=S) groups is 1. The average Bonchev–Trinajstić information content (AvgIpc) is 2.47. The van der Waals surface area contributed by atoms with Gasteiger partial charge in [-0.2, -0.15) is 0 Å². The van der Waals surface area contributed by atoms with Gasteiger partial charge >= 0.3 is 0 Å². The van der Waals surface area contributed by atoms with Crippen molar-refractivity contribution in [3.05, 3.63) is 60.2 Å². The smallest absolute Gasteiger partial charge is 0.285 e. The molecule has 0 fully saturated rings. The van der Waals surface area contributed by atoms with Crippen LogP contribution in [0.2, 0.25) is 0 Å². The monoisotopic (exact) mass is 286 g/mol. The Kier molecular flexibility index (Phi) is 4.68. The molecule has 102 valence electrons. The summed E-state index contributed by atoms with van der Waals surface area (Å²) in [5.74, 6) is 1.52. The van der Waals surface area contributed by atoms with E-state index in [1.165, 1.54) is 0 Å². The maximum Gasteiger partial charge on any atom is 0.285 e. The van der Waals surface area contributed by atoms with Crippen molar-refractivity contribution in [3.8, 4) is 5.75 Å². The summed E-state index contributed by atoms with van der Waals surface area (Å²) in [4.78, 5) is 2.96. The molecule has 0 spiro atoms. The SMILES string of the molecule is COc1ccc(C(Nc2ccccc2)=[NH+]C(N)=S)cc1. The summed E-state index contributed by atoms with van der Waals surface area (Å²) in [5.41, 5.74) is 7.45. The predicted molar refractivity (Wildman–Crippen MR) is 84.9 cm³/mol. The number of para-hydroxylation sites is 1. The highest BCUT2D eigenvalue weighted by Crippen LogP contribution is 2.12. The summed E-state index contributed by atoms with van der Waals surface area (Å²) in [5, 5.41) is 3.47. The van der Waals surface area contributed by atoms with Crippen molar-refractivity contribution >= 4 is 28.9 Å². The molecule has 0 aliphatic rings. The standard InChI is InChI=1S/C15H15N3OS/c1-19-13-9-7-11(8-10-13)14(18-15(16)20)17-12-5-3-2-4-6-12/h2-10H,1H3,(H3,16,17,18,20)/p+1. The van der Waals surface area contributed by atoms with Crippen LogP contribution in [0.5, 0.6) is 5.75 Å². The Labute approximate surface area is 123 Å². The van der Waals surface area contributed by atoms with Crippen LogP contribution in [0.15, 0.2) is 54.6 Å². The van der Waals surface area contributed by atoms with E-state index in [9.17, 15) is 0 Å². The van der Waals surface area contributed by atoms with Crippen molar-refractivity contribution in [2.75, 3.05) is 12.4 Å². The molecule has 0 amide bonds. The third-order valence-electron chi connectivity index (χ3n) is 2.67. The molecule has 20 heavy (non-hydrogen) atoms. The van der Waals surface area contributed by atoms with Gasteiger partial charge in [0.1, 0.15) is 5.75 Å². The Bertz CT molecular complexity index is 609. The summed E-state index contributed by atoms with van der Waals surface area (Å²) in [6.45, 7) is 0. The molecule has 0 aliphatic heterocycles. The maximum atomic E-state index is 5.58. The first-order valence-corrected chi connectivity index (χ1v) is 6.50. The van der Waals surface area contributed by atoms with Gasteiger partial charge in [0.2, 0.25) is 5.84 Å². The first kappa shape index (κ1) is 14.0. The van der Waals surface area contributed by atoms with E-state index in [0.717, 1.165) is 22.8 Å². The van der Waals surface area contributed by atoms with Crippen LogP contribution in [0, 0.1) is 0 Å². The van der Waals surface area contributed by atoms with E-state index >= 15 is 0 Å². The first-order chi connectivity index (χ1) is 9.69. The van der Waals surface area contributed by atoms with Gasteiger partial charge in [-0.25, -0.2) is 4.99 Å². The number of benzene rings is 2. The predicted octanol–water partition coefficient (Wildman–Crippen LogP) is 0.878. The van der Waals surface area contributed by atoms with Gasteiger partial charge in [-0.3, -0.25) is 5.32 Å². The molecule has 0 saturated carbocycles. The highest BCUT2D eigenvalue weighted by molar-refractivity contribution is 7.79. The summed E-state index contributed by atoms with van der Waals surface area (Å²) in [6, 6.07) is 17.4. The van der Waals surface area contributed by atoms with Gasteiger partial charge in [-0.15, -0.1) is 0 Å². The molecule has 0 aromatic heterocycles. The van der Waals surface area contributed by atoms with Crippen molar-refractivity contribution in [2.24, 2.45) is 5.73 Å². The largest absolute Gasteiger partial charge is 0.497 e. The van der Waals surface area contributed by atoms with E-state index in [1.807, 2.05) is 54.6 Å². The maximum absolute atomic E-state index is 5.58. The number of methoxy groups -OCH3 is 1. The highest BCUT2D eigenvalue weighted by atomic mass is 32.1. The second kappa shape index (κ2) is 6.68. The second-order valence-electron chi connectivity index (χ2n) is 4.08. The van der Waals surface area contributed by atoms with Gasteiger partial charge < -0.3 is 10.5 Å². The van der Waals surface area contributed by atoms with Gasteiger partial charge in [0, 0.05) is 5.56 Å². The third-order valence-corrected chi connectivity index (χ3v) is 2.77. The summed E-state index contributed by atoms with van der Waals surface area (Å²) in [6.07, 6.45) is 0. The van der Waals surface area contributed by atoms with E-state index in [2.05, 4.69) is 10.3 Å². The highest BCUT2D eigenvalue weighted by Gasteiger charge is 2.09. The molecule has 0 saturated heterocycles. The van der Waals surface area contributed by atoms with Crippen LogP contribution >= 0.6 is 12.2 Å². The number of nitrogens with one attached hydrogen (secondary N) is 2. The van der Waals surface area contributed by atoms with E-state index in [1.54, 1.807) is 7.11 Å². The van der Waals surface area contributed by atoms with Crippen LogP contribution in [0.25, 0.3) is 0 Å². The van der Waals surface area contributed by atoms with Crippen molar-refractivity contribution in [1.82, 2.24) is 0 Å². The minimum absolute atomic E-state index is 0.208. The molecule has 2 aromatic rings. The van der Waals surface area contributed by atoms with Crippen LogP contribution in [-0.2, 0) is 0 Å². The number of hydrogen-bond acceptors (Lipinski definition) is 2. The molecule has 2 aromatic carbocycles. The molecular formula is C15H16N3OS+. The lowest BCUT2D eigenvalue weighted by Gasteiger charge is -2.06. The second-order valence-corrected chi connectivity index (χ2v) is 4.52. The molecule has 0 heterocycles. The number of nitrogens with two attached hydrogens (primary N) is 1. The number of amidine groups is 1. The van der Waals surface area contributed by atoms with Gasteiger partial charge in [0.15, 0.2) is 0 Å². The molecule has 4 nitrogen and oxygen atoms in total. The Morgan fingerprint density at radius 2 is 1.75 bits per heavy atom. The van der Waals surface area contributed by atoms with Crippen LogP contribution in [0.4, 0.5) is 5.69 Å². The zero-order valence-corrected chi connectivity index (χ0v) is 11.9. The molecule has 0 aliphatic carbocycles. The van der Waals surface area contributed by atoms with Gasteiger partial charge in [-0.05, 0) is 48.6 Å². The van der Waals surface area contributed by atoms with Crippen LogP contribution in [0.3, 0.4) is 0 Å². The molecular weight excluding hydrogens is 270 g/mol. The number of ether oxygens (including phenoxy) is 1. The third kappa shape index (κ3) is 3.80. The zero-order chi connectivity index (χ0) is 14.4. The van der Waals surface area contributed by atoms with Crippen molar-refractivity contribution in [3.63, 3.8) is 0 Å². The molecule has 0 radical (unpaired) electrons. The Morgan fingerprint density at radius 1 is 1.10 bits per heavy atom. The lowest BCUT2D eigenvalue weighted by Crippen LogP contribution is -2.81. The van der Waals surface area contributed by atoms with Gasteiger partial charge in [0.25, 0.3) is 5.11 Å². The topological polar surface area (TPSA) is 61.2 Å². The van der Waals surface area contributed by atoms with Crippen molar-refractivity contribution in [2.45, 2.75) is 0 Å². The number of anilines is 1. The quantitative estimate of drug-likeness (QED) is 0.445. The molecule has 5 heteroatoms. The molecule has 0 bridgehead atoms. The minimum Gasteiger partial charge on any atom is -0.497 e. The Morgan fingerprint density at radius 3 is 2.30 bits per heavy atom. The fraction of sp³-hybridized carbons (Fsp3) is 0.0667. The number of rotatable bonds is 3. The van der Waals surface area contributed by atoms with Crippen molar-refractivity contribution in [1.29, 1.82) is 0 Å². The van der Waals surface area contributed by atoms with Crippen LogP contribution in [0.1, 0.15) is 5.56 Å². The molecule has 0 unspecified atom stereocenters. The average molecular weight is 286 g/mol. The molecule has 4 N–H and O–H groups in total. The normalized spacial score (nSPS) is 10.9. The van der Waals surface area contributed by atoms with E-state index < -0.39 is 0 Å². The minimum atomic E-state index is 0.208. The molecule has 2 rings (SSSR count). The fourth-order valence-corrected chi connectivity index (χ4v) is 1.82. The fourth-order valence-electron chi connectivity index (χ4n) is 1.72. The van der Waals surface area contributed by atoms with Crippen LogP contribution < -0.4 is 20.8 Å². The lowest BCUT2D eigenvalue weighted by molar-refractivity contribution is -0.311. The zero-order valence-electron chi connectivity index (χ0n) is 11.1. The van der Waals surface area contributed by atoms with E-state index in [-0.39, 0.29) is 5.11 Å². The lowest BCUT2D eigenvalue weighted by atomic mass is 10.2. The summed E-state index contributed by atoms with van der Waals surface area (Å²) < 4.78 is 5.15. The summed E-state index contributed by atoms with van der Waals surface area (Å²) in [7, 11) is 1.63. The van der Waals surface area contributed by atoms with E-state index in [0.29, 0.717) is 0 Å². The molecule has 0 atom stereocenters. The Balaban J connectivity index is 2.30. The summed E-state index contributed by atoms with van der Waals surface area (Å²) >= 11 is 4.92. The van der Waals surface area contributed by atoms with Gasteiger partial charge in [0.05, 0.1) is 12.8 Å². The Hall–Kier alpha value is -2.40. The van der Waals surface area contributed by atoms with Crippen LogP contribution in [-0.4, -0.2) is 18.1 Å². The van der Waals surface area contributed by atoms with E-state index in [4.69, 9.17) is 22.7 Å². The number of hydrogen-bond donors (Lipinski definition) is 3. The van der Waals surface area contributed by atoms with Crippen molar-refractivity contribution < 1.29 is 9.73 Å². The van der Waals surface area contributed by atoms with Gasteiger partial charge in [-0.1, -0.05) is 18.2 Å². The first-order valence-electron chi connectivity index (χ1n) is 6.09.